The first-order valence-electron chi connectivity index (χ1n) is 6.51. The molecule has 1 aliphatic heterocycles. The van der Waals surface area contributed by atoms with E-state index in [1.807, 2.05) is 12.1 Å². The SMILES string of the molecule is CCNC1CCCN(Cc2ccc(O)cc2)C1. The molecular weight excluding hydrogens is 212 g/mol. The van der Waals surface area contributed by atoms with E-state index < -0.39 is 0 Å². The second kappa shape index (κ2) is 6.03. The number of nitrogens with zero attached hydrogens (tertiary/aromatic N) is 1. The van der Waals surface area contributed by atoms with Crippen molar-refractivity contribution >= 4 is 0 Å². The van der Waals surface area contributed by atoms with Crippen LogP contribution in [0.15, 0.2) is 24.3 Å². The monoisotopic (exact) mass is 234 g/mol. The van der Waals surface area contributed by atoms with Crippen LogP contribution in [-0.2, 0) is 6.54 Å². The molecule has 0 aromatic heterocycles. The zero-order valence-electron chi connectivity index (χ0n) is 10.5. The number of aromatic hydroxyl groups is 1. The maximum Gasteiger partial charge on any atom is 0.115 e. The number of hydrogen-bond donors (Lipinski definition) is 2. The number of phenols is 1. The van der Waals surface area contributed by atoms with Crippen LogP contribution in [0.3, 0.4) is 0 Å². The Hall–Kier alpha value is -1.06. The molecule has 0 amide bonds. The van der Waals surface area contributed by atoms with Crippen LogP contribution in [0.5, 0.6) is 5.75 Å². The normalized spacial score (nSPS) is 21.6. The molecule has 94 valence electrons. The van der Waals surface area contributed by atoms with Crippen LogP contribution >= 0.6 is 0 Å². The third kappa shape index (κ3) is 3.72. The predicted octanol–water partition coefficient (Wildman–Crippen LogP) is 1.97. The topological polar surface area (TPSA) is 35.5 Å². The van der Waals surface area contributed by atoms with Crippen LogP contribution in [0.2, 0.25) is 0 Å². The molecule has 0 saturated carbocycles. The molecule has 1 fully saturated rings. The third-order valence-electron chi connectivity index (χ3n) is 3.34. The summed E-state index contributed by atoms with van der Waals surface area (Å²) in [5.74, 6) is 0.345. The van der Waals surface area contributed by atoms with Gasteiger partial charge in [-0.05, 0) is 43.6 Å². The molecule has 0 radical (unpaired) electrons. The summed E-state index contributed by atoms with van der Waals surface area (Å²) in [6.07, 6.45) is 2.57. The van der Waals surface area contributed by atoms with Gasteiger partial charge in [0.05, 0.1) is 0 Å². The molecule has 0 bridgehead atoms. The van der Waals surface area contributed by atoms with Crippen molar-refractivity contribution in [3.63, 3.8) is 0 Å². The number of nitrogens with one attached hydrogen (secondary N) is 1. The lowest BCUT2D eigenvalue weighted by atomic mass is 10.0. The van der Waals surface area contributed by atoms with E-state index in [0.717, 1.165) is 19.6 Å². The Labute approximate surface area is 103 Å². The maximum atomic E-state index is 9.25. The van der Waals surface area contributed by atoms with Gasteiger partial charge in [-0.15, -0.1) is 0 Å². The van der Waals surface area contributed by atoms with Crippen molar-refractivity contribution in [2.45, 2.75) is 32.4 Å². The van der Waals surface area contributed by atoms with Crippen LogP contribution in [0, 0.1) is 0 Å². The second-order valence-electron chi connectivity index (χ2n) is 4.80. The molecule has 17 heavy (non-hydrogen) atoms. The highest BCUT2D eigenvalue weighted by Gasteiger charge is 2.18. The Morgan fingerprint density at radius 1 is 1.35 bits per heavy atom. The standard InChI is InChI=1S/C14H22N2O/c1-2-15-13-4-3-9-16(11-13)10-12-5-7-14(17)8-6-12/h5-8,13,15,17H,2-4,9-11H2,1H3. The first kappa shape index (κ1) is 12.4. The molecule has 1 unspecified atom stereocenters. The van der Waals surface area contributed by atoms with E-state index in [4.69, 9.17) is 0 Å². The molecule has 1 heterocycles. The number of piperidine rings is 1. The van der Waals surface area contributed by atoms with Crippen molar-refractivity contribution in [1.82, 2.24) is 10.2 Å². The summed E-state index contributed by atoms with van der Waals surface area (Å²) >= 11 is 0. The molecule has 3 heteroatoms. The van der Waals surface area contributed by atoms with Crippen molar-refractivity contribution in [2.24, 2.45) is 0 Å². The summed E-state index contributed by atoms with van der Waals surface area (Å²) in [5.41, 5.74) is 1.28. The summed E-state index contributed by atoms with van der Waals surface area (Å²) in [6.45, 7) is 6.52. The van der Waals surface area contributed by atoms with Crippen molar-refractivity contribution in [3.8, 4) is 5.75 Å². The molecule has 3 nitrogen and oxygen atoms in total. The first-order chi connectivity index (χ1) is 8.28. The highest BCUT2D eigenvalue weighted by atomic mass is 16.3. The Morgan fingerprint density at radius 2 is 2.12 bits per heavy atom. The van der Waals surface area contributed by atoms with Gasteiger partial charge in [0.15, 0.2) is 0 Å². The zero-order chi connectivity index (χ0) is 12.1. The average Bonchev–Trinajstić information content (AvgIpc) is 2.33. The highest BCUT2D eigenvalue weighted by Crippen LogP contribution is 2.15. The number of phenolic OH excluding ortho intramolecular Hbond substituents is 1. The molecule has 0 aliphatic carbocycles. The highest BCUT2D eigenvalue weighted by molar-refractivity contribution is 5.25. The molecule has 1 aromatic carbocycles. The smallest absolute Gasteiger partial charge is 0.115 e. The minimum atomic E-state index is 0.345. The lowest BCUT2D eigenvalue weighted by Gasteiger charge is -2.33. The van der Waals surface area contributed by atoms with Gasteiger partial charge in [0.25, 0.3) is 0 Å². The predicted molar refractivity (Wildman–Crippen MR) is 70.1 cm³/mol. The van der Waals surface area contributed by atoms with Gasteiger partial charge in [-0.2, -0.15) is 0 Å². The Balaban J connectivity index is 1.87. The molecule has 0 spiro atoms. The maximum absolute atomic E-state index is 9.25. The van der Waals surface area contributed by atoms with Gasteiger partial charge in [-0.25, -0.2) is 0 Å². The van der Waals surface area contributed by atoms with Gasteiger partial charge >= 0.3 is 0 Å². The zero-order valence-corrected chi connectivity index (χ0v) is 10.5. The average molecular weight is 234 g/mol. The van der Waals surface area contributed by atoms with Crippen molar-refractivity contribution < 1.29 is 5.11 Å². The summed E-state index contributed by atoms with van der Waals surface area (Å²) in [7, 11) is 0. The summed E-state index contributed by atoms with van der Waals surface area (Å²) in [4.78, 5) is 2.49. The fraction of sp³-hybridized carbons (Fsp3) is 0.571. The molecule has 1 aliphatic rings. The molecule has 2 N–H and O–H groups in total. The number of likely N-dealkylation sites (tertiary alicyclic amines) is 1. The first-order valence-corrected chi connectivity index (χ1v) is 6.51. The van der Waals surface area contributed by atoms with E-state index >= 15 is 0 Å². The Bertz CT molecular complexity index is 335. The van der Waals surface area contributed by atoms with E-state index in [9.17, 15) is 5.11 Å². The van der Waals surface area contributed by atoms with Crippen LogP contribution in [0.25, 0.3) is 0 Å². The summed E-state index contributed by atoms with van der Waals surface area (Å²) in [6, 6.07) is 8.19. The molecule has 1 atom stereocenters. The number of hydrogen-bond acceptors (Lipinski definition) is 3. The minimum Gasteiger partial charge on any atom is -0.508 e. The quantitative estimate of drug-likeness (QED) is 0.836. The van der Waals surface area contributed by atoms with Crippen LogP contribution in [0.1, 0.15) is 25.3 Å². The van der Waals surface area contributed by atoms with Crippen molar-refractivity contribution in [3.05, 3.63) is 29.8 Å². The third-order valence-corrected chi connectivity index (χ3v) is 3.34. The van der Waals surface area contributed by atoms with Crippen LogP contribution in [-0.4, -0.2) is 35.7 Å². The van der Waals surface area contributed by atoms with Gasteiger partial charge in [0.2, 0.25) is 0 Å². The van der Waals surface area contributed by atoms with Gasteiger partial charge in [0.1, 0.15) is 5.75 Å². The van der Waals surface area contributed by atoms with Gasteiger partial charge in [0, 0.05) is 19.1 Å². The molecular formula is C14H22N2O. The fourth-order valence-electron chi connectivity index (χ4n) is 2.51. The van der Waals surface area contributed by atoms with E-state index in [1.165, 1.54) is 24.9 Å². The van der Waals surface area contributed by atoms with Gasteiger partial charge in [-0.3, -0.25) is 4.90 Å². The number of rotatable bonds is 4. The lowest BCUT2D eigenvalue weighted by Crippen LogP contribution is -2.45. The number of likely N-dealkylation sites (N-methyl/N-ethyl adjacent to an activating group) is 1. The minimum absolute atomic E-state index is 0.345. The van der Waals surface area contributed by atoms with Crippen molar-refractivity contribution in [2.75, 3.05) is 19.6 Å². The fourth-order valence-corrected chi connectivity index (χ4v) is 2.51. The largest absolute Gasteiger partial charge is 0.508 e. The number of benzene rings is 1. The van der Waals surface area contributed by atoms with E-state index in [1.54, 1.807) is 12.1 Å². The van der Waals surface area contributed by atoms with E-state index in [2.05, 4.69) is 17.1 Å². The Morgan fingerprint density at radius 3 is 2.82 bits per heavy atom. The van der Waals surface area contributed by atoms with E-state index in [-0.39, 0.29) is 0 Å². The van der Waals surface area contributed by atoms with Gasteiger partial charge < -0.3 is 10.4 Å². The lowest BCUT2D eigenvalue weighted by molar-refractivity contribution is 0.184. The van der Waals surface area contributed by atoms with E-state index in [0.29, 0.717) is 11.8 Å². The Kier molecular flexibility index (Phi) is 4.40. The molecule has 1 saturated heterocycles. The summed E-state index contributed by atoms with van der Waals surface area (Å²) in [5, 5.41) is 12.8. The molecule has 1 aromatic rings. The van der Waals surface area contributed by atoms with Crippen molar-refractivity contribution in [1.29, 1.82) is 0 Å². The summed E-state index contributed by atoms with van der Waals surface area (Å²) < 4.78 is 0. The molecule has 2 rings (SSSR count). The van der Waals surface area contributed by atoms with Crippen LogP contribution < -0.4 is 5.32 Å². The van der Waals surface area contributed by atoms with Gasteiger partial charge in [-0.1, -0.05) is 19.1 Å². The second-order valence-corrected chi connectivity index (χ2v) is 4.80. The van der Waals surface area contributed by atoms with Crippen LogP contribution in [0.4, 0.5) is 0 Å².